The molecule has 3 atom stereocenters. The average Bonchev–Trinajstić information content (AvgIpc) is 2.41. The molecule has 3 unspecified atom stereocenters. The van der Waals surface area contributed by atoms with Crippen molar-refractivity contribution in [2.75, 3.05) is 6.54 Å². The number of rotatable bonds is 1. The zero-order chi connectivity index (χ0) is 15.8. The molecule has 0 aromatic rings. The summed E-state index contributed by atoms with van der Waals surface area (Å²) in [5, 5.41) is 2.06. The molecule has 1 saturated heterocycles. The molecule has 0 aromatic carbocycles. The highest BCUT2D eigenvalue weighted by atomic mass is 19.4. The molecule has 0 radical (unpaired) electrons. The highest BCUT2D eigenvalue weighted by Crippen LogP contribution is 2.42. The molecule has 2 rings (SSSR count). The van der Waals surface area contributed by atoms with E-state index in [2.05, 4.69) is 5.32 Å². The highest BCUT2D eigenvalue weighted by molar-refractivity contribution is 6.04. The number of piperazine rings is 1. The summed E-state index contributed by atoms with van der Waals surface area (Å²) < 4.78 is 39.2. The first-order valence-corrected chi connectivity index (χ1v) is 6.92. The van der Waals surface area contributed by atoms with Crippen LogP contribution in [0.5, 0.6) is 0 Å². The van der Waals surface area contributed by atoms with E-state index in [0.29, 0.717) is 12.8 Å². The first kappa shape index (κ1) is 15.8. The van der Waals surface area contributed by atoms with Gasteiger partial charge in [0.05, 0.1) is 5.92 Å². The van der Waals surface area contributed by atoms with Crippen LogP contribution in [0, 0.1) is 11.8 Å². The molecule has 2 fully saturated rings. The van der Waals surface area contributed by atoms with E-state index in [1.54, 1.807) is 0 Å². The van der Waals surface area contributed by atoms with Gasteiger partial charge in [-0.25, -0.2) is 0 Å². The van der Waals surface area contributed by atoms with Crippen LogP contribution in [-0.4, -0.2) is 41.4 Å². The van der Waals surface area contributed by atoms with Crippen LogP contribution in [0.4, 0.5) is 13.2 Å². The van der Waals surface area contributed by atoms with Crippen molar-refractivity contribution in [1.82, 2.24) is 10.2 Å². The van der Waals surface area contributed by atoms with Crippen LogP contribution in [-0.2, 0) is 14.4 Å². The van der Waals surface area contributed by atoms with Crippen molar-refractivity contribution in [2.24, 2.45) is 11.8 Å². The van der Waals surface area contributed by atoms with Gasteiger partial charge >= 0.3 is 6.18 Å². The number of nitrogens with zero attached hydrogens (tertiary/aromatic N) is 1. The Hall–Kier alpha value is -1.60. The van der Waals surface area contributed by atoms with Crippen molar-refractivity contribution < 1.29 is 27.6 Å². The van der Waals surface area contributed by atoms with E-state index in [1.165, 1.54) is 6.92 Å². The predicted molar refractivity (Wildman–Crippen MR) is 65.8 cm³/mol. The maximum Gasteiger partial charge on any atom is 0.392 e. The van der Waals surface area contributed by atoms with Crippen LogP contribution in [0.25, 0.3) is 0 Å². The van der Waals surface area contributed by atoms with Crippen molar-refractivity contribution in [3.05, 3.63) is 0 Å². The van der Waals surface area contributed by atoms with Gasteiger partial charge in [-0.3, -0.25) is 19.7 Å². The van der Waals surface area contributed by atoms with Crippen molar-refractivity contribution in [2.45, 2.75) is 44.8 Å². The zero-order valence-corrected chi connectivity index (χ0v) is 11.6. The van der Waals surface area contributed by atoms with Crippen LogP contribution in [0.3, 0.4) is 0 Å². The first-order chi connectivity index (χ1) is 9.71. The fraction of sp³-hybridized carbons (Fsp3) is 0.769. The number of nitrogens with one attached hydrogen (secondary N) is 1. The molecule has 3 amide bonds. The normalized spacial score (nSPS) is 31.0. The van der Waals surface area contributed by atoms with Gasteiger partial charge in [0, 0.05) is 5.92 Å². The molecule has 0 aromatic heterocycles. The predicted octanol–water partition coefficient (Wildman–Crippen LogP) is 1.23. The van der Waals surface area contributed by atoms with E-state index in [4.69, 9.17) is 0 Å². The summed E-state index contributed by atoms with van der Waals surface area (Å²) in [6.07, 6.45) is -3.40. The lowest BCUT2D eigenvalue weighted by Gasteiger charge is -2.38. The second-order valence-corrected chi connectivity index (χ2v) is 5.59. The van der Waals surface area contributed by atoms with Crippen LogP contribution in [0.15, 0.2) is 0 Å². The molecule has 1 aliphatic carbocycles. The number of halogens is 3. The van der Waals surface area contributed by atoms with Crippen LogP contribution >= 0.6 is 0 Å². The maximum atomic E-state index is 13.1. The van der Waals surface area contributed by atoms with Crippen molar-refractivity contribution in [1.29, 1.82) is 0 Å². The fourth-order valence-corrected chi connectivity index (χ4v) is 3.01. The van der Waals surface area contributed by atoms with Gasteiger partial charge in [-0.1, -0.05) is 12.8 Å². The Bertz CT molecular complexity index is 464. The third kappa shape index (κ3) is 3.19. The number of carbonyl (C=O) groups is 3. The Balaban J connectivity index is 2.20. The lowest BCUT2D eigenvalue weighted by atomic mass is 9.77. The minimum absolute atomic E-state index is 0.0811. The van der Waals surface area contributed by atoms with Crippen molar-refractivity contribution >= 4 is 17.7 Å². The lowest BCUT2D eigenvalue weighted by molar-refractivity contribution is -0.201. The van der Waals surface area contributed by atoms with Gasteiger partial charge in [-0.2, -0.15) is 13.2 Å². The smallest absolute Gasteiger partial charge is 0.321 e. The maximum absolute atomic E-state index is 13.1. The molecular formula is C13H17F3N2O3. The molecule has 1 heterocycles. The van der Waals surface area contributed by atoms with E-state index in [1.807, 2.05) is 0 Å². The first-order valence-electron chi connectivity index (χ1n) is 6.92. The average molecular weight is 306 g/mol. The SMILES string of the molecule is CC1C(=O)NC(=O)CN1C(=O)C1CCCCC1C(F)(F)F. The molecule has 8 heteroatoms. The van der Waals surface area contributed by atoms with E-state index in [9.17, 15) is 27.6 Å². The third-order valence-electron chi connectivity index (χ3n) is 4.21. The molecule has 1 N–H and O–H groups in total. The molecule has 118 valence electrons. The Labute approximate surface area is 119 Å². The molecule has 1 saturated carbocycles. The van der Waals surface area contributed by atoms with Crippen LogP contribution in [0.1, 0.15) is 32.6 Å². The fourth-order valence-electron chi connectivity index (χ4n) is 3.01. The van der Waals surface area contributed by atoms with Gasteiger partial charge < -0.3 is 4.90 Å². The number of alkyl halides is 3. The number of amides is 3. The molecule has 1 aliphatic heterocycles. The van der Waals surface area contributed by atoms with Crippen molar-refractivity contribution in [3.8, 4) is 0 Å². The van der Waals surface area contributed by atoms with Crippen LogP contribution < -0.4 is 5.32 Å². The highest BCUT2D eigenvalue weighted by Gasteiger charge is 2.50. The zero-order valence-electron chi connectivity index (χ0n) is 11.6. The molecule has 2 aliphatic rings. The summed E-state index contributed by atoms with van der Waals surface area (Å²) in [7, 11) is 0. The lowest BCUT2D eigenvalue weighted by Crippen LogP contribution is -2.60. The molecular weight excluding hydrogens is 289 g/mol. The summed E-state index contributed by atoms with van der Waals surface area (Å²) in [6, 6.07) is -0.925. The van der Waals surface area contributed by atoms with Crippen LogP contribution in [0.2, 0.25) is 0 Å². The number of hydrogen-bond acceptors (Lipinski definition) is 3. The van der Waals surface area contributed by atoms with E-state index in [0.717, 1.165) is 4.90 Å². The minimum Gasteiger partial charge on any atom is -0.321 e. The summed E-state index contributed by atoms with van der Waals surface area (Å²) in [6.45, 7) is 1.04. The van der Waals surface area contributed by atoms with E-state index < -0.39 is 41.8 Å². The van der Waals surface area contributed by atoms with Crippen molar-refractivity contribution in [3.63, 3.8) is 0 Å². The summed E-state index contributed by atoms with van der Waals surface area (Å²) in [4.78, 5) is 36.3. The third-order valence-corrected chi connectivity index (χ3v) is 4.21. The summed E-state index contributed by atoms with van der Waals surface area (Å²) >= 11 is 0. The van der Waals surface area contributed by atoms with Gasteiger partial charge in [0.15, 0.2) is 0 Å². The molecule has 5 nitrogen and oxygen atoms in total. The number of imide groups is 1. The Morgan fingerprint density at radius 2 is 1.86 bits per heavy atom. The molecule has 0 bridgehead atoms. The Morgan fingerprint density at radius 1 is 1.24 bits per heavy atom. The molecule has 21 heavy (non-hydrogen) atoms. The quantitative estimate of drug-likeness (QED) is 0.741. The largest absolute Gasteiger partial charge is 0.392 e. The monoisotopic (exact) mass is 306 g/mol. The van der Waals surface area contributed by atoms with Gasteiger partial charge in [0.1, 0.15) is 12.6 Å². The molecule has 0 spiro atoms. The number of carbonyl (C=O) groups excluding carboxylic acids is 3. The number of hydrogen-bond donors (Lipinski definition) is 1. The minimum atomic E-state index is -4.44. The van der Waals surface area contributed by atoms with Gasteiger partial charge in [-0.05, 0) is 19.8 Å². The van der Waals surface area contributed by atoms with Gasteiger partial charge in [0.25, 0.3) is 0 Å². The Kier molecular flexibility index (Phi) is 4.25. The second kappa shape index (κ2) is 5.65. The van der Waals surface area contributed by atoms with Gasteiger partial charge in [-0.15, -0.1) is 0 Å². The second-order valence-electron chi connectivity index (χ2n) is 5.59. The van der Waals surface area contributed by atoms with E-state index in [-0.39, 0.29) is 19.4 Å². The topological polar surface area (TPSA) is 66.5 Å². The summed E-state index contributed by atoms with van der Waals surface area (Å²) in [5.74, 6) is -4.94. The van der Waals surface area contributed by atoms with Gasteiger partial charge in [0.2, 0.25) is 17.7 Å². The Morgan fingerprint density at radius 3 is 2.48 bits per heavy atom. The standard InChI is InChI=1S/C13H17F3N2O3/c1-7-11(20)17-10(19)6-18(7)12(21)8-4-2-3-5-9(8)13(14,15)16/h7-9H,2-6H2,1H3,(H,17,19,20). The van der Waals surface area contributed by atoms with E-state index >= 15 is 0 Å². The summed E-state index contributed by atoms with van der Waals surface area (Å²) in [5.41, 5.74) is 0.